The van der Waals surface area contributed by atoms with Gasteiger partial charge in [-0.1, -0.05) is 30.3 Å². The van der Waals surface area contributed by atoms with E-state index in [1.807, 2.05) is 47.4 Å². The number of benzene rings is 2. The second-order valence-electron chi connectivity index (χ2n) is 10.0. The number of rotatable bonds is 3. The van der Waals surface area contributed by atoms with Crippen LogP contribution >= 0.6 is 0 Å². The number of nitrogens with zero attached hydrogens (tertiary/aromatic N) is 3. The summed E-state index contributed by atoms with van der Waals surface area (Å²) in [6.07, 6.45) is 2.16. The number of anilines is 1. The van der Waals surface area contributed by atoms with Crippen LogP contribution < -0.4 is 4.90 Å². The van der Waals surface area contributed by atoms with Gasteiger partial charge in [0.25, 0.3) is 0 Å². The van der Waals surface area contributed by atoms with Gasteiger partial charge in [-0.05, 0) is 36.6 Å². The maximum atomic E-state index is 13.7. The van der Waals surface area contributed by atoms with E-state index in [2.05, 4.69) is 0 Å². The van der Waals surface area contributed by atoms with Crippen molar-refractivity contribution in [1.82, 2.24) is 9.80 Å². The summed E-state index contributed by atoms with van der Waals surface area (Å²) in [4.78, 5) is 55.3. The van der Waals surface area contributed by atoms with Gasteiger partial charge in [0, 0.05) is 44.2 Å². The molecule has 3 aliphatic heterocycles. The molecule has 2 saturated heterocycles. The molecule has 0 aromatic heterocycles. The van der Waals surface area contributed by atoms with E-state index in [4.69, 9.17) is 4.74 Å². The van der Waals surface area contributed by atoms with Gasteiger partial charge in [0.2, 0.25) is 17.7 Å². The van der Waals surface area contributed by atoms with Crippen LogP contribution in [-0.2, 0) is 30.1 Å². The Morgan fingerprint density at radius 3 is 2.31 bits per heavy atom. The highest BCUT2D eigenvalue weighted by molar-refractivity contribution is 5.98. The van der Waals surface area contributed by atoms with E-state index in [0.717, 1.165) is 29.7 Å². The molecule has 0 unspecified atom stereocenters. The third-order valence-corrected chi connectivity index (χ3v) is 8.00. The van der Waals surface area contributed by atoms with Crippen LogP contribution in [0, 0.1) is 0 Å². The summed E-state index contributed by atoms with van der Waals surface area (Å²) in [5.41, 5.74) is 1.90. The first-order valence-corrected chi connectivity index (χ1v) is 12.1. The average molecular weight is 474 g/mol. The SMILES string of the molecule is CC(=O)N1CCN(c2ccc(C3(C(=O)N4CC[C@@]5(C4)OC(=O)c4ccccc45)CC3)cc2)C(=O)C1. The van der Waals surface area contributed by atoms with E-state index < -0.39 is 11.0 Å². The molecular weight excluding hydrogens is 446 g/mol. The van der Waals surface area contributed by atoms with Gasteiger partial charge in [-0.25, -0.2) is 4.79 Å². The van der Waals surface area contributed by atoms with Crippen LogP contribution in [0.15, 0.2) is 48.5 Å². The van der Waals surface area contributed by atoms with Gasteiger partial charge in [0.1, 0.15) is 6.54 Å². The van der Waals surface area contributed by atoms with Crippen molar-refractivity contribution < 1.29 is 23.9 Å². The first kappa shape index (κ1) is 21.8. The van der Waals surface area contributed by atoms with Crippen LogP contribution in [0.5, 0.6) is 0 Å². The minimum Gasteiger partial charge on any atom is -0.449 e. The Labute approximate surface area is 203 Å². The van der Waals surface area contributed by atoms with Gasteiger partial charge >= 0.3 is 5.97 Å². The van der Waals surface area contributed by atoms with Crippen LogP contribution in [0.25, 0.3) is 0 Å². The average Bonchev–Trinajstić information content (AvgIpc) is 3.50. The quantitative estimate of drug-likeness (QED) is 0.638. The molecule has 35 heavy (non-hydrogen) atoms. The molecule has 8 heteroatoms. The Kier molecular flexibility index (Phi) is 4.78. The summed E-state index contributed by atoms with van der Waals surface area (Å²) >= 11 is 0. The molecule has 3 heterocycles. The standard InChI is InChI=1S/C27H27N3O5/c1-18(31)28-14-15-30(23(32)16-28)20-8-6-19(7-9-20)26(10-11-26)25(34)29-13-12-27(17-29)22-5-3-2-4-21(22)24(33)35-27/h2-9H,10-17H2,1H3/t27-/m0/s1. The van der Waals surface area contributed by atoms with Crippen LogP contribution in [-0.4, -0.2) is 66.2 Å². The number of likely N-dealkylation sites (tertiary alicyclic amines) is 1. The van der Waals surface area contributed by atoms with Gasteiger partial charge in [0.15, 0.2) is 5.60 Å². The number of fused-ring (bicyclic) bond motifs is 2. The van der Waals surface area contributed by atoms with Crippen LogP contribution in [0.1, 0.15) is 47.7 Å². The molecule has 6 rings (SSSR count). The van der Waals surface area contributed by atoms with Crippen molar-refractivity contribution in [2.24, 2.45) is 0 Å². The summed E-state index contributed by atoms with van der Waals surface area (Å²) in [6, 6.07) is 15.1. The van der Waals surface area contributed by atoms with Crippen LogP contribution in [0.4, 0.5) is 5.69 Å². The van der Waals surface area contributed by atoms with Crippen LogP contribution in [0.3, 0.4) is 0 Å². The smallest absolute Gasteiger partial charge is 0.339 e. The Hall–Kier alpha value is -3.68. The van der Waals surface area contributed by atoms with Crippen molar-refractivity contribution in [2.75, 3.05) is 37.6 Å². The lowest BCUT2D eigenvalue weighted by Gasteiger charge is -2.34. The molecule has 0 N–H and O–H groups in total. The highest BCUT2D eigenvalue weighted by Gasteiger charge is 2.57. The summed E-state index contributed by atoms with van der Waals surface area (Å²) in [5, 5.41) is 0. The molecule has 3 fully saturated rings. The van der Waals surface area contributed by atoms with Crippen molar-refractivity contribution in [3.05, 3.63) is 65.2 Å². The summed E-state index contributed by atoms with van der Waals surface area (Å²) in [6.45, 7) is 3.46. The molecule has 4 aliphatic rings. The molecule has 1 atom stereocenters. The predicted octanol–water partition coefficient (Wildman–Crippen LogP) is 2.21. The number of carbonyl (C=O) groups is 4. The highest BCUT2D eigenvalue weighted by Crippen LogP contribution is 2.52. The van der Waals surface area contributed by atoms with Crippen molar-refractivity contribution in [1.29, 1.82) is 0 Å². The fourth-order valence-corrected chi connectivity index (χ4v) is 5.83. The number of ether oxygens (including phenoxy) is 1. The minimum atomic E-state index is -0.744. The fourth-order valence-electron chi connectivity index (χ4n) is 5.83. The zero-order valence-corrected chi connectivity index (χ0v) is 19.7. The van der Waals surface area contributed by atoms with Crippen LogP contribution in [0.2, 0.25) is 0 Å². The first-order chi connectivity index (χ1) is 16.8. The molecule has 2 aromatic carbocycles. The molecule has 1 aliphatic carbocycles. The Balaban J connectivity index is 1.18. The number of amides is 3. The van der Waals surface area contributed by atoms with Gasteiger partial charge in [0.05, 0.1) is 17.5 Å². The summed E-state index contributed by atoms with van der Waals surface area (Å²) in [5.74, 6) is -0.439. The minimum absolute atomic E-state index is 0.0775. The molecule has 1 spiro atoms. The number of hydrogen-bond donors (Lipinski definition) is 0. The lowest BCUT2D eigenvalue weighted by molar-refractivity contribution is -0.135. The van der Waals surface area contributed by atoms with E-state index in [1.54, 1.807) is 15.9 Å². The van der Waals surface area contributed by atoms with Gasteiger partial charge in [-0.15, -0.1) is 0 Å². The Bertz CT molecular complexity index is 1250. The molecule has 2 aromatic rings. The summed E-state index contributed by atoms with van der Waals surface area (Å²) in [7, 11) is 0. The van der Waals surface area contributed by atoms with Crippen molar-refractivity contribution >= 4 is 29.4 Å². The lowest BCUT2D eigenvalue weighted by Crippen LogP contribution is -2.51. The van der Waals surface area contributed by atoms with E-state index in [9.17, 15) is 19.2 Å². The molecule has 3 amide bonds. The topological polar surface area (TPSA) is 87.2 Å². The number of carbonyl (C=O) groups excluding carboxylic acids is 4. The summed E-state index contributed by atoms with van der Waals surface area (Å²) < 4.78 is 5.82. The van der Waals surface area contributed by atoms with E-state index >= 15 is 0 Å². The second kappa shape index (κ2) is 7.66. The largest absolute Gasteiger partial charge is 0.449 e. The molecular formula is C27H27N3O5. The first-order valence-electron chi connectivity index (χ1n) is 12.1. The number of piperazine rings is 1. The second-order valence-corrected chi connectivity index (χ2v) is 10.0. The molecule has 0 bridgehead atoms. The third kappa shape index (κ3) is 3.34. The van der Waals surface area contributed by atoms with Gasteiger partial charge < -0.3 is 19.4 Å². The molecule has 0 radical (unpaired) electrons. The third-order valence-electron chi connectivity index (χ3n) is 8.00. The van der Waals surface area contributed by atoms with Gasteiger partial charge in [-0.2, -0.15) is 0 Å². The molecule has 1 saturated carbocycles. The normalized spacial score (nSPS) is 24.5. The zero-order chi connectivity index (χ0) is 24.4. The number of hydrogen-bond acceptors (Lipinski definition) is 5. The van der Waals surface area contributed by atoms with Crippen molar-refractivity contribution in [3.8, 4) is 0 Å². The maximum absolute atomic E-state index is 13.7. The number of esters is 1. The van der Waals surface area contributed by atoms with E-state index in [1.165, 1.54) is 6.92 Å². The highest BCUT2D eigenvalue weighted by atomic mass is 16.6. The van der Waals surface area contributed by atoms with E-state index in [-0.39, 0.29) is 30.2 Å². The monoisotopic (exact) mass is 473 g/mol. The van der Waals surface area contributed by atoms with Crippen molar-refractivity contribution in [2.45, 2.75) is 37.2 Å². The molecule has 180 valence electrons. The predicted molar refractivity (Wildman–Crippen MR) is 127 cm³/mol. The van der Waals surface area contributed by atoms with Gasteiger partial charge in [-0.3, -0.25) is 14.4 Å². The zero-order valence-electron chi connectivity index (χ0n) is 19.7. The van der Waals surface area contributed by atoms with Crippen molar-refractivity contribution in [3.63, 3.8) is 0 Å². The lowest BCUT2D eigenvalue weighted by atomic mass is 9.91. The van der Waals surface area contributed by atoms with E-state index in [0.29, 0.717) is 38.2 Å². The Morgan fingerprint density at radius 2 is 1.63 bits per heavy atom. The molecule has 8 nitrogen and oxygen atoms in total. The maximum Gasteiger partial charge on any atom is 0.339 e. The Morgan fingerprint density at radius 1 is 0.886 bits per heavy atom. The fraction of sp³-hybridized carbons (Fsp3) is 0.407.